The molecule has 0 radical (unpaired) electrons. The fourth-order valence-electron chi connectivity index (χ4n) is 2.97. The third kappa shape index (κ3) is 7.06. The molecule has 0 heterocycles. The van der Waals surface area contributed by atoms with Gasteiger partial charge in [0.05, 0.1) is 4.92 Å². The molecule has 0 unspecified atom stereocenters. The molecular formula is C25H18Cl2N4O5. The molecule has 0 atom stereocenters. The Kier molecular flexibility index (Phi) is 8.62. The van der Waals surface area contributed by atoms with Crippen LogP contribution in [0.1, 0.15) is 11.1 Å². The number of carbonyl (C=O) groups is 2. The zero-order valence-corrected chi connectivity index (χ0v) is 20.3. The summed E-state index contributed by atoms with van der Waals surface area (Å²) in [4.78, 5) is 35.3. The van der Waals surface area contributed by atoms with Crippen LogP contribution < -0.4 is 15.4 Å². The van der Waals surface area contributed by atoms with Crippen molar-refractivity contribution in [3.63, 3.8) is 0 Å². The van der Waals surface area contributed by atoms with Crippen LogP contribution in [0.4, 0.5) is 17.1 Å². The van der Waals surface area contributed by atoms with E-state index in [0.717, 1.165) is 5.56 Å². The molecule has 3 aromatic carbocycles. The zero-order valence-electron chi connectivity index (χ0n) is 18.7. The number of rotatable bonds is 8. The Labute approximate surface area is 216 Å². The summed E-state index contributed by atoms with van der Waals surface area (Å²) in [5.74, 6) is -1.05. The van der Waals surface area contributed by atoms with E-state index in [4.69, 9.17) is 27.9 Å². The van der Waals surface area contributed by atoms with Crippen LogP contribution in [-0.4, -0.2) is 23.3 Å². The highest BCUT2D eigenvalue weighted by atomic mass is 35.5. The Balaban J connectivity index is 1.75. The Hall–Kier alpha value is -4.39. The first kappa shape index (κ1) is 26.2. The van der Waals surface area contributed by atoms with E-state index in [1.807, 2.05) is 6.92 Å². The molecule has 9 nitrogen and oxygen atoms in total. The van der Waals surface area contributed by atoms with Crippen LogP contribution in [0.15, 0.2) is 66.2 Å². The van der Waals surface area contributed by atoms with Gasteiger partial charge in [0.25, 0.3) is 17.5 Å². The summed E-state index contributed by atoms with van der Waals surface area (Å²) < 4.78 is 5.60. The van der Waals surface area contributed by atoms with Crippen LogP contribution in [0.25, 0.3) is 6.08 Å². The quantitative estimate of drug-likeness (QED) is 0.166. The number of amides is 2. The number of nitriles is 1. The number of hydrogen-bond acceptors (Lipinski definition) is 6. The Morgan fingerprint density at radius 3 is 2.53 bits per heavy atom. The first-order chi connectivity index (χ1) is 17.2. The van der Waals surface area contributed by atoms with Crippen molar-refractivity contribution in [1.82, 2.24) is 0 Å². The molecule has 2 N–H and O–H groups in total. The van der Waals surface area contributed by atoms with E-state index in [-0.39, 0.29) is 34.9 Å². The van der Waals surface area contributed by atoms with Gasteiger partial charge in [-0.2, -0.15) is 5.26 Å². The summed E-state index contributed by atoms with van der Waals surface area (Å²) in [6.07, 6.45) is 1.24. The van der Waals surface area contributed by atoms with Gasteiger partial charge < -0.3 is 15.4 Å². The van der Waals surface area contributed by atoms with Gasteiger partial charge in [0.1, 0.15) is 17.4 Å². The fraction of sp³-hybridized carbons (Fsp3) is 0.0800. The van der Waals surface area contributed by atoms with E-state index in [9.17, 15) is 25.0 Å². The summed E-state index contributed by atoms with van der Waals surface area (Å²) in [5, 5.41) is 26.4. The average Bonchev–Trinajstić information content (AvgIpc) is 2.84. The van der Waals surface area contributed by atoms with Gasteiger partial charge in [0, 0.05) is 39.1 Å². The number of hydrogen-bond donors (Lipinski definition) is 2. The number of nitrogens with one attached hydrogen (secondary N) is 2. The fourth-order valence-corrected chi connectivity index (χ4v) is 3.34. The lowest BCUT2D eigenvalue weighted by Gasteiger charge is -2.11. The topological polar surface area (TPSA) is 134 Å². The summed E-state index contributed by atoms with van der Waals surface area (Å²) in [6.45, 7) is 1.47. The molecule has 0 bridgehead atoms. The van der Waals surface area contributed by atoms with Gasteiger partial charge in [-0.1, -0.05) is 35.3 Å². The van der Waals surface area contributed by atoms with Gasteiger partial charge in [-0.25, -0.2) is 0 Å². The lowest BCUT2D eigenvalue weighted by molar-refractivity contribution is -0.384. The van der Waals surface area contributed by atoms with Crippen LogP contribution in [0.2, 0.25) is 10.0 Å². The third-order valence-electron chi connectivity index (χ3n) is 4.77. The van der Waals surface area contributed by atoms with Crippen LogP contribution in [0.3, 0.4) is 0 Å². The second-order valence-electron chi connectivity index (χ2n) is 7.41. The maximum atomic E-state index is 12.6. The van der Waals surface area contributed by atoms with Crippen molar-refractivity contribution < 1.29 is 19.2 Å². The van der Waals surface area contributed by atoms with Gasteiger partial charge in [-0.15, -0.1) is 0 Å². The molecule has 182 valence electrons. The van der Waals surface area contributed by atoms with E-state index < -0.39 is 16.7 Å². The van der Waals surface area contributed by atoms with E-state index in [2.05, 4.69) is 10.6 Å². The van der Waals surface area contributed by atoms with Crippen LogP contribution in [0.5, 0.6) is 5.75 Å². The molecule has 0 fully saturated rings. The van der Waals surface area contributed by atoms with E-state index in [1.54, 1.807) is 24.3 Å². The normalized spacial score (nSPS) is 10.8. The third-order valence-corrected chi connectivity index (χ3v) is 5.41. The Morgan fingerprint density at radius 1 is 1.08 bits per heavy atom. The molecule has 0 aliphatic carbocycles. The minimum Gasteiger partial charge on any atom is -0.483 e. The van der Waals surface area contributed by atoms with Crippen molar-refractivity contribution in [2.75, 3.05) is 17.2 Å². The second kappa shape index (κ2) is 11.8. The molecule has 0 aliphatic rings. The van der Waals surface area contributed by atoms with E-state index in [0.29, 0.717) is 15.7 Å². The lowest BCUT2D eigenvalue weighted by Crippen LogP contribution is -2.20. The summed E-state index contributed by atoms with van der Waals surface area (Å²) in [6, 6.07) is 16.7. The highest BCUT2D eigenvalue weighted by Gasteiger charge is 2.15. The first-order valence-corrected chi connectivity index (χ1v) is 11.1. The largest absolute Gasteiger partial charge is 0.483 e. The number of nitrogens with zero attached hydrogens (tertiary/aromatic N) is 2. The van der Waals surface area contributed by atoms with Crippen molar-refractivity contribution in [1.29, 1.82) is 5.26 Å². The lowest BCUT2D eigenvalue weighted by atomic mass is 10.1. The number of carbonyl (C=O) groups excluding carboxylic acids is 2. The monoisotopic (exact) mass is 524 g/mol. The number of aryl methyl sites for hydroxylation is 1. The molecule has 3 aromatic rings. The van der Waals surface area contributed by atoms with Crippen LogP contribution >= 0.6 is 23.2 Å². The molecule has 0 saturated carbocycles. The van der Waals surface area contributed by atoms with Gasteiger partial charge >= 0.3 is 0 Å². The van der Waals surface area contributed by atoms with Crippen LogP contribution in [0, 0.1) is 28.4 Å². The maximum absolute atomic E-state index is 12.6. The molecule has 0 spiro atoms. The molecule has 2 amide bonds. The predicted molar refractivity (Wildman–Crippen MR) is 137 cm³/mol. The van der Waals surface area contributed by atoms with Crippen molar-refractivity contribution >= 4 is 58.2 Å². The maximum Gasteiger partial charge on any atom is 0.271 e. The molecule has 36 heavy (non-hydrogen) atoms. The van der Waals surface area contributed by atoms with Crippen molar-refractivity contribution in [2.24, 2.45) is 0 Å². The number of ether oxygens (including phenoxy) is 1. The number of benzene rings is 3. The molecule has 0 aliphatic heterocycles. The second-order valence-corrected chi connectivity index (χ2v) is 8.26. The first-order valence-electron chi connectivity index (χ1n) is 10.3. The SMILES string of the molecule is Cc1ccc(NC(=O)COc2ccc(Cl)cc2/C=C(/C#N)C(=O)Nc2cccc([N+](=O)[O-])c2)cc1Cl. The summed E-state index contributed by atoms with van der Waals surface area (Å²) in [5.41, 5.74) is 1.26. The van der Waals surface area contributed by atoms with Gasteiger partial charge in [0.15, 0.2) is 6.61 Å². The summed E-state index contributed by atoms with van der Waals surface area (Å²) >= 11 is 12.1. The van der Waals surface area contributed by atoms with Crippen molar-refractivity contribution in [3.05, 3.63) is 97.5 Å². The highest BCUT2D eigenvalue weighted by molar-refractivity contribution is 6.31. The Morgan fingerprint density at radius 2 is 1.83 bits per heavy atom. The van der Waals surface area contributed by atoms with Crippen molar-refractivity contribution in [2.45, 2.75) is 6.92 Å². The minimum absolute atomic E-state index is 0.144. The molecule has 3 rings (SSSR count). The van der Waals surface area contributed by atoms with E-state index in [1.165, 1.54) is 48.5 Å². The average molecular weight is 525 g/mol. The highest BCUT2D eigenvalue weighted by Crippen LogP contribution is 2.26. The number of non-ortho nitro benzene ring substituents is 1. The molecule has 11 heteroatoms. The van der Waals surface area contributed by atoms with Gasteiger partial charge in [-0.05, 0) is 55.0 Å². The predicted octanol–water partition coefficient (Wildman–Crippen LogP) is 5.77. The zero-order chi connectivity index (χ0) is 26.2. The molecular weight excluding hydrogens is 507 g/mol. The van der Waals surface area contributed by atoms with Gasteiger partial charge in [-0.3, -0.25) is 19.7 Å². The summed E-state index contributed by atoms with van der Waals surface area (Å²) in [7, 11) is 0. The van der Waals surface area contributed by atoms with Crippen LogP contribution in [-0.2, 0) is 9.59 Å². The van der Waals surface area contributed by atoms with Crippen molar-refractivity contribution in [3.8, 4) is 11.8 Å². The van der Waals surface area contributed by atoms with Gasteiger partial charge in [0.2, 0.25) is 0 Å². The number of halogens is 2. The standard InChI is InChI=1S/C25H18Cl2N4O5/c1-15-5-7-20(12-22(15)27)29-24(32)14-36-23-8-6-18(26)10-16(23)9-17(13-28)25(33)30-19-3-2-4-21(11-19)31(34)35/h2-12H,14H2,1H3,(H,29,32)(H,30,33)/b17-9-. The number of nitro benzene ring substituents is 1. The molecule has 0 saturated heterocycles. The number of anilines is 2. The Bertz CT molecular complexity index is 1420. The number of nitro groups is 1. The smallest absolute Gasteiger partial charge is 0.271 e. The minimum atomic E-state index is -0.794. The molecule has 0 aromatic heterocycles. The van der Waals surface area contributed by atoms with E-state index >= 15 is 0 Å².